The van der Waals surface area contributed by atoms with Crippen molar-refractivity contribution in [3.8, 4) is 5.75 Å². The number of carbonyl (C=O) groups is 7. The highest BCUT2D eigenvalue weighted by Crippen LogP contribution is 2.33. The number of aromatic nitrogens is 1. The van der Waals surface area contributed by atoms with Crippen molar-refractivity contribution in [2.75, 3.05) is 76.6 Å². The molecule has 1 atom stereocenters. The lowest BCUT2D eigenvalue weighted by Crippen LogP contribution is -2.52. The van der Waals surface area contributed by atoms with E-state index in [4.69, 9.17) is 46.9 Å². The Morgan fingerprint density at radius 2 is 1.47 bits per heavy atom. The number of fused-ring (bicyclic) bond motifs is 1. The molecule has 21 heteroatoms. The SMILES string of the molecule is Cc1[nH]c(C(=O)Nc2cc(C(=O)NCCNC(=O)COCCOCCOCCOCC(=O)Nc3cccc4c3CN(C3CCC(=O)NC3=O)C4=O)ccc2OC(C)C)c(Cl)c1Cl. The Balaban J connectivity index is 0.877. The van der Waals surface area contributed by atoms with Crippen molar-refractivity contribution in [2.24, 2.45) is 0 Å². The zero-order valence-corrected chi connectivity index (χ0v) is 35.9. The zero-order valence-electron chi connectivity index (χ0n) is 34.4. The molecule has 0 bridgehead atoms. The van der Waals surface area contributed by atoms with E-state index < -0.39 is 29.7 Å². The van der Waals surface area contributed by atoms with Gasteiger partial charge in [0.25, 0.3) is 17.7 Å². The summed E-state index contributed by atoms with van der Waals surface area (Å²) in [6.07, 6.45) is 0.173. The van der Waals surface area contributed by atoms with Crippen molar-refractivity contribution < 1.29 is 57.2 Å². The van der Waals surface area contributed by atoms with E-state index in [0.29, 0.717) is 28.3 Å². The molecule has 1 saturated heterocycles. The van der Waals surface area contributed by atoms with E-state index in [0.717, 1.165) is 0 Å². The predicted molar refractivity (Wildman–Crippen MR) is 225 cm³/mol. The Morgan fingerprint density at radius 1 is 0.806 bits per heavy atom. The number of ether oxygens (including phenoxy) is 5. The lowest BCUT2D eigenvalue weighted by atomic mass is 10.0. The van der Waals surface area contributed by atoms with Crippen LogP contribution in [-0.2, 0) is 44.7 Å². The molecule has 1 unspecified atom stereocenters. The van der Waals surface area contributed by atoms with Gasteiger partial charge in [0.1, 0.15) is 30.7 Å². The second-order valence-corrected chi connectivity index (χ2v) is 15.1. The Bertz CT molecular complexity index is 2150. The molecule has 2 aliphatic rings. The number of aryl methyl sites for hydroxylation is 1. The number of aromatic amines is 1. The average molecular weight is 903 g/mol. The minimum absolute atomic E-state index is 0.0682. The summed E-state index contributed by atoms with van der Waals surface area (Å²) in [6.45, 7) is 6.53. The van der Waals surface area contributed by atoms with Gasteiger partial charge in [-0.25, -0.2) is 0 Å². The molecule has 0 saturated carbocycles. The van der Waals surface area contributed by atoms with Crippen molar-refractivity contribution >= 4 is 75.9 Å². The van der Waals surface area contributed by atoms with Crippen molar-refractivity contribution in [2.45, 2.75) is 52.3 Å². The molecule has 1 aromatic heterocycles. The molecular weight excluding hydrogens is 853 g/mol. The Morgan fingerprint density at radius 3 is 2.11 bits per heavy atom. The van der Waals surface area contributed by atoms with Crippen molar-refractivity contribution in [1.82, 2.24) is 25.8 Å². The predicted octanol–water partition coefficient (Wildman–Crippen LogP) is 2.98. The third-order valence-corrected chi connectivity index (χ3v) is 10.3. The van der Waals surface area contributed by atoms with Crippen LogP contribution in [0.4, 0.5) is 11.4 Å². The Labute approximate surface area is 367 Å². The number of H-pyrrole nitrogens is 1. The largest absolute Gasteiger partial charge is 0.489 e. The fraction of sp³-hybridized carbons (Fsp3) is 0.439. The minimum Gasteiger partial charge on any atom is -0.489 e. The standard InChI is InChI=1S/C41H49Cl2N7O12/c1-23(2)62-31-9-7-25(19-29(31)48-40(56)37-36(43)35(42)24(3)46-37)38(54)45-12-11-44-33(52)21-60-17-15-58-13-14-59-16-18-61-22-34(53)47-28-6-4-5-26-27(28)20-50(41(26)57)30-8-10-32(51)49-39(30)55/h4-7,9,19,23,30,46H,8,10-18,20-22H2,1-3H3,(H,44,52)(H,45,54)(H,47,53)(H,48,56)(H,49,51,55). The normalized spacial score (nSPS) is 14.7. The van der Waals surface area contributed by atoms with Crippen LogP contribution in [0, 0.1) is 6.92 Å². The van der Waals surface area contributed by atoms with Gasteiger partial charge in [0.15, 0.2) is 0 Å². The molecule has 0 aliphatic carbocycles. The molecule has 334 valence electrons. The molecule has 6 N–H and O–H groups in total. The third kappa shape index (κ3) is 13.2. The van der Waals surface area contributed by atoms with Crippen molar-refractivity contribution in [3.63, 3.8) is 0 Å². The fourth-order valence-electron chi connectivity index (χ4n) is 6.35. The molecule has 5 rings (SSSR count). The van der Waals surface area contributed by atoms with Crippen LogP contribution >= 0.6 is 23.2 Å². The summed E-state index contributed by atoms with van der Waals surface area (Å²) in [6, 6.07) is 8.79. The monoisotopic (exact) mass is 901 g/mol. The van der Waals surface area contributed by atoms with Crippen LogP contribution in [0.15, 0.2) is 36.4 Å². The van der Waals surface area contributed by atoms with Gasteiger partial charge in [0.05, 0.1) is 61.5 Å². The van der Waals surface area contributed by atoms with Gasteiger partial charge < -0.3 is 54.8 Å². The number of hydrogen-bond acceptors (Lipinski definition) is 12. The number of benzene rings is 2. The first-order chi connectivity index (χ1) is 29.7. The van der Waals surface area contributed by atoms with Crippen molar-refractivity contribution in [1.29, 1.82) is 0 Å². The van der Waals surface area contributed by atoms with Gasteiger partial charge in [-0.2, -0.15) is 0 Å². The quantitative estimate of drug-likeness (QED) is 0.0595. The molecule has 0 spiro atoms. The fourth-order valence-corrected chi connectivity index (χ4v) is 6.76. The molecule has 2 aromatic carbocycles. The summed E-state index contributed by atoms with van der Waals surface area (Å²) >= 11 is 12.3. The van der Waals surface area contributed by atoms with Gasteiger partial charge >= 0.3 is 0 Å². The summed E-state index contributed by atoms with van der Waals surface area (Å²) < 4.78 is 27.4. The molecule has 1 fully saturated rings. The summed E-state index contributed by atoms with van der Waals surface area (Å²) in [5.74, 6) is -2.68. The summed E-state index contributed by atoms with van der Waals surface area (Å²) in [5, 5.41) is 13.4. The van der Waals surface area contributed by atoms with E-state index >= 15 is 0 Å². The molecule has 0 radical (unpaired) electrons. The maximum absolute atomic E-state index is 13.0. The minimum atomic E-state index is -0.758. The number of halogens is 2. The molecule has 2 aliphatic heterocycles. The molecule has 3 heterocycles. The maximum Gasteiger partial charge on any atom is 0.273 e. The number of nitrogens with zero attached hydrogens (tertiary/aromatic N) is 1. The number of piperidine rings is 1. The number of hydrogen-bond donors (Lipinski definition) is 6. The summed E-state index contributed by atoms with van der Waals surface area (Å²) in [4.78, 5) is 91.7. The Kier molecular flexibility index (Phi) is 17.6. The van der Waals surface area contributed by atoms with Gasteiger partial charge in [-0.3, -0.25) is 38.9 Å². The Hall–Kier alpha value is -5.57. The zero-order chi connectivity index (χ0) is 44.8. The first-order valence-corrected chi connectivity index (χ1v) is 20.6. The van der Waals surface area contributed by atoms with Gasteiger partial charge in [-0.05, 0) is 57.5 Å². The number of nitrogens with one attached hydrogen (secondary N) is 6. The van der Waals surface area contributed by atoms with Crippen LogP contribution in [0.2, 0.25) is 10.0 Å². The van der Waals surface area contributed by atoms with Gasteiger partial charge in [-0.1, -0.05) is 29.3 Å². The lowest BCUT2D eigenvalue weighted by molar-refractivity contribution is -0.137. The smallest absolute Gasteiger partial charge is 0.273 e. The van der Waals surface area contributed by atoms with Crippen LogP contribution in [0.5, 0.6) is 5.75 Å². The molecule has 3 aromatic rings. The second kappa shape index (κ2) is 23.0. The lowest BCUT2D eigenvalue weighted by Gasteiger charge is -2.29. The second-order valence-electron chi connectivity index (χ2n) is 14.3. The maximum atomic E-state index is 13.0. The van der Waals surface area contributed by atoms with E-state index in [-0.39, 0.29) is 136 Å². The topological polar surface area (TPSA) is 245 Å². The van der Waals surface area contributed by atoms with Gasteiger partial charge in [-0.15, -0.1) is 0 Å². The number of anilines is 2. The van der Waals surface area contributed by atoms with E-state index in [2.05, 4.69) is 31.6 Å². The van der Waals surface area contributed by atoms with Crippen LogP contribution in [0.25, 0.3) is 0 Å². The number of rotatable bonds is 23. The molecule has 7 amide bonds. The van der Waals surface area contributed by atoms with Crippen LogP contribution < -0.4 is 31.3 Å². The highest BCUT2D eigenvalue weighted by molar-refractivity contribution is 6.44. The van der Waals surface area contributed by atoms with E-state index in [1.165, 1.54) is 11.0 Å². The highest BCUT2D eigenvalue weighted by Gasteiger charge is 2.40. The van der Waals surface area contributed by atoms with E-state index in [1.54, 1.807) is 37.3 Å². The van der Waals surface area contributed by atoms with Crippen LogP contribution in [0.3, 0.4) is 0 Å². The summed E-state index contributed by atoms with van der Waals surface area (Å²) in [7, 11) is 0. The average Bonchev–Trinajstić information content (AvgIpc) is 3.70. The number of imide groups is 1. The van der Waals surface area contributed by atoms with Gasteiger partial charge in [0.2, 0.25) is 23.6 Å². The first-order valence-electron chi connectivity index (χ1n) is 19.8. The van der Waals surface area contributed by atoms with Crippen LogP contribution in [-0.4, -0.2) is 129 Å². The van der Waals surface area contributed by atoms with E-state index in [9.17, 15) is 33.6 Å². The van der Waals surface area contributed by atoms with Crippen molar-refractivity contribution in [3.05, 3.63) is 74.5 Å². The van der Waals surface area contributed by atoms with Crippen LogP contribution in [0.1, 0.15) is 69.2 Å². The first kappa shape index (κ1) is 47.5. The third-order valence-electron chi connectivity index (χ3n) is 9.30. The van der Waals surface area contributed by atoms with Gasteiger partial charge in [0, 0.05) is 54.1 Å². The number of amides is 7. The number of carbonyl (C=O) groups excluding carboxylic acids is 7. The molecular formula is C41H49Cl2N7O12. The van der Waals surface area contributed by atoms with E-state index in [1.807, 2.05) is 13.8 Å². The highest BCUT2D eigenvalue weighted by atomic mass is 35.5. The molecule has 62 heavy (non-hydrogen) atoms. The molecule has 19 nitrogen and oxygen atoms in total. The summed E-state index contributed by atoms with van der Waals surface area (Å²) in [5.41, 5.74) is 2.51.